The first-order chi connectivity index (χ1) is 8.61. The Morgan fingerprint density at radius 3 is 2.44 bits per heavy atom. The fraction of sp³-hybridized carbons (Fsp3) is 0.286. The summed E-state index contributed by atoms with van der Waals surface area (Å²) in [6.45, 7) is 3.60. The molecule has 0 atom stereocenters. The maximum Gasteiger partial charge on any atom is 0.221 e. The van der Waals surface area contributed by atoms with Crippen molar-refractivity contribution in [2.24, 2.45) is 0 Å². The van der Waals surface area contributed by atoms with Crippen molar-refractivity contribution in [3.8, 4) is 11.8 Å². The number of carbonyl (C=O) groups is 2. The molecule has 1 aromatic carbocycles. The third kappa shape index (κ3) is 5.17. The van der Waals surface area contributed by atoms with Gasteiger partial charge in [0, 0.05) is 24.6 Å². The zero-order valence-corrected chi connectivity index (χ0v) is 10.5. The van der Waals surface area contributed by atoms with Gasteiger partial charge in [-0.3, -0.25) is 9.59 Å². The minimum atomic E-state index is -0.101. The summed E-state index contributed by atoms with van der Waals surface area (Å²) >= 11 is 0. The first-order valence-corrected chi connectivity index (χ1v) is 5.75. The average molecular weight is 244 g/mol. The molecule has 0 radical (unpaired) electrons. The van der Waals surface area contributed by atoms with Crippen LogP contribution in [0.4, 0.5) is 5.69 Å². The van der Waals surface area contributed by atoms with Crippen molar-refractivity contribution in [3.63, 3.8) is 0 Å². The zero-order chi connectivity index (χ0) is 13.4. The Kier molecular flexibility index (Phi) is 5.46. The van der Waals surface area contributed by atoms with Gasteiger partial charge in [0.2, 0.25) is 11.8 Å². The molecule has 0 aliphatic rings. The largest absolute Gasteiger partial charge is 0.345 e. The van der Waals surface area contributed by atoms with Gasteiger partial charge in [-0.25, -0.2) is 0 Å². The maximum absolute atomic E-state index is 11.0. The fourth-order valence-electron chi connectivity index (χ4n) is 1.25. The van der Waals surface area contributed by atoms with E-state index in [4.69, 9.17) is 0 Å². The Balaban J connectivity index is 2.51. The average Bonchev–Trinajstić information content (AvgIpc) is 2.35. The molecule has 18 heavy (non-hydrogen) atoms. The van der Waals surface area contributed by atoms with Crippen molar-refractivity contribution in [3.05, 3.63) is 29.8 Å². The van der Waals surface area contributed by atoms with Crippen molar-refractivity contribution in [1.29, 1.82) is 0 Å². The van der Waals surface area contributed by atoms with E-state index in [2.05, 4.69) is 22.5 Å². The molecule has 4 heteroatoms. The molecule has 0 aromatic heterocycles. The van der Waals surface area contributed by atoms with Gasteiger partial charge in [0.25, 0.3) is 0 Å². The highest BCUT2D eigenvalue weighted by Gasteiger charge is 1.94. The number of hydrogen-bond donors (Lipinski definition) is 2. The number of benzene rings is 1. The van der Waals surface area contributed by atoms with Crippen molar-refractivity contribution in [2.45, 2.75) is 20.3 Å². The third-order valence-corrected chi connectivity index (χ3v) is 2.13. The number of nitrogens with one attached hydrogen (secondary N) is 2. The standard InChI is InChI=1S/C14H16N2O2/c1-3-14(18)15-10-4-5-12-6-8-13(9-7-12)16-11(2)17/h6-9H,3,10H2,1-2H3,(H,15,18)(H,16,17). The van der Waals surface area contributed by atoms with E-state index in [1.54, 1.807) is 19.1 Å². The first kappa shape index (κ1) is 13.8. The smallest absolute Gasteiger partial charge is 0.221 e. The predicted octanol–water partition coefficient (Wildman–Crippen LogP) is 1.52. The lowest BCUT2D eigenvalue weighted by Crippen LogP contribution is -2.22. The minimum absolute atomic E-state index is 0.00898. The Hall–Kier alpha value is -2.28. The van der Waals surface area contributed by atoms with E-state index in [0.29, 0.717) is 13.0 Å². The summed E-state index contributed by atoms with van der Waals surface area (Å²) in [6, 6.07) is 7.21. The quantitative estimate of drug-likeness (QED) is 0.792. The summed E-state index contributed by atoms with van der Waals surface area (Å²) in [6.07, 6.45) is 0.465. The maximum atomic E-state index is 11.0. The fourth-order valence-corrected chi connectivity index (χ4v) is 1.25. The number of rotatable bonds is 3. The minimum Gasteiger partial charge on any atom is -0.345 e. The van der Waals surface area contributed by atoms with E-state index in [0.717, 1.165) is 11.3 Å². The van der Waals surface area contributed by atoms with Gasteiger partial charge >= 0.3 is 0 Å². The van der Waals surface area contributed by atoms with Gasteiger partial charge in [-0.1, -0.05) is 18.8 Å². The van der Waals surface area contributed by atoms with Crippen LogP contribution in [0.1, 0.15) is 25.8 Å². The summed E-state index contributed by atoms with van der Waals surface area (Å²) < 4.78 is 0. The highest BCUT2D eigenvalue weighted by molar-refractivity contribution is 5.88. The molecule has 0 fully saturated rings. The summed E-state index contributed by atoms with van der Waals surface area (Å²) in [5.74, 6) is 5.68. The van der Waals surface area contributed by atoms with Gasteiger partial charge in [0.05, 0.1) is 6.54 Å². The Labute approximate surface area is 107 Å². The van der Waals surface area contributed by atoms with E-state index in [-0.39, 0.29) is 11.8 Å². The Morgan fingerprint density at radius 1 is 1.22 bits per heavy atom. The topological polar surface area (TPSA) is 58.2 Å². The lowest BCUT2D eigenvalue weighted by atomic mass is 10.2. The van der Waals surface area contributed by atoms with E-state index >= 15 is 0 Å². The molecule has 0 aliphatic carbocycles. The van der Waals surface area contributed by atoms with Gasteiger partial charge < -0.3 is 10.6 Å². The number of hydrogen-bond acceptors (Lipinski definition) is 2. The molecular formula is C14H16N2O2. The molecule has 0 saturated heterocycles. The summed E-state index contributed by atoms with van der Waals surface area (Å²) in [7, 11) is 0. The lowest BCUT2D eigenvalue weighted by molar-refractivity contribution is -0.120. The van der Waals surface area contributed by atoms with Crippen LogP contribution in [-0.4, -0.2) is 18.4 Å². The van der Waals surface area contributed by atoms with Crippen LogP contribution in [0.15, 0.2) is 24.3 Å². The molecule has 94 valence electrons. The number of amides is 2. The first-order valence-electron chi connectivity index (χ1n) is 5.75. The van der Waals surface area contributed by atoms with Crippen LogP contribution in [0.2, 0.25) is 0 Å². The van der Waals surface area contributed by atoms with Crippen LogP contribution in [-0.2, 0) is 9.59 Å². The normalized spacial score (nSPS) is 9.00. The highest BCUT2D eigenvalue weighted by atomic mass is 16.2. The molecule has 2 N–H and O–H groups in total. The van der Waals surface area contributed by atoms with E-state index < -0.39 is 0 Å². The molecule has 0 unspecified atom stereocenters. The molecule has 1 rings (SSSR count). The van der Waals surface area contributed by atoms with Crippen LogP contribution in [0.25, 0.3) is 0 Å². The second-order valence-electron chi connectivity index (χ2n) is 3.69. The van der Waals surface area contributed by atoms with Gasteiger partial charge in [-0.2, -0.15) is 0 Å². The van der Waals surface area contributed by atoms with Crippen molar-refractivity contribution >= 4 is 17.5 Å². The van der Waals surface area contributed by atoms with Crippen LogP contribution in [0.5, 0.6) is 0 Å². The molecule has 0 spiro atoms. The number of anilines is 1. The SMILES string of the molecule is CCC(=O)NCC#Cc1ccc(NC(C)=O)cc1. The number of carbonyl (C=O) groups excluding carboxylic acids is 2. The van der Waals surface area contributed by atoms with E-state index in [1.807, 2.05) is 12.1 Å². The second-order valence-corrected chi connectivity index (χ2v) is 3.69. The third-order valence-electron chi connectivity index (χ3n) is 2.13. The monoisotopic (exact) mass is 244 g/mol. The summed E-state index contributed by atoms with van der Waals surface area (Å²) in [5.41, 5.74) is 1.59. The van der Waals surface area contributed by atoms with Crippen molar-refractivity contribution in [1.82, 2.24) is 5.32 Å². The van der Waals surface area contributed by atoms with Crippen molar-refractivity contribution in [2.75, 3.05) is 11.9 Å². The Morgan fingerprint density at radius 2 is 1.89 bits per heavy atom. The van der Waals surface area contributed by atoms with Crippen LogP contribution >= 0.6 is 0 Å². The summed E-state index contributed by atoms with van der Waals surface area (Å²) in [5, 5.41) is 5.35. The molecule has 2 amide bonds. The Bertz CT molecular complexity index is 481. The lowest BCUT2D eigenvalue weighted by Gasteiger charge is -2.00. The molecular weight excluding hydrogens is 228 g/mol. The molecule has 0 heterocycles. The second kappa shape index (κ2) is 7.13. The molecule has 0 saturated carbocycles. The molecule has 1 aromatic rings. The van der Waals surface area contributed by atoms with Gasteiger partial charge in [0.15, 0.2) is 0 Å². The van der Waals surface area contributed by atoms with Crippen LogP contribution < -0.4 is 10.6 Å². The van der Waals surface area contributed by atoms with Gasteiger partial charge in [0.1, 0.15) is 0 Å². The molecule has 4 nitrogen and oxygen atoms in total. The van der Waals surface area contributed by atoms with E-state index in [1.165, 1.54) is 6.92 Å². The highest BCUT2D eigenvalue weighted by Crippen LogP contribution is 2.08. The van der Waals surface area contributed by atoms with Gasteiger partial charge in [-0.05, 0) is 24.3 Å². The van der Waals surface area contributed by atoms with Crippen molar-refractivity contribution < 1.29 is 9.59 Å². The predicted molar refractivity (Wildman–Crippen MR) is 70.9 cm³/mol. The van der Waals surface area contributed by atoms with Crippen LogP contribution in [0, 0.1) is 11.8 Å². The van der Waals surface area contributed by atoms with Gasteiger partial charge in [-0.15, -0.1) is 0 Å². The summed E-state index contributed by atoms with van der Waals surface area (Å²) in [4.78, 5) is 21.8. The molecule has 0 aliphatic heterocycles. The zero-order valence-electron chi connectivity index (χ0n) is 10.5. The van der Waals surface area contributed by atoms with Crippen LogP contribution in [0.3, 0.4) is 0 Å². The van der Waals surface area contributed by atoms with E-state index in [9.17, 15) is 9.59 Å². The molecule has 0 bridgehead atoms.